The summed E-state index contributed by atoms with van der Waals surface area (Å²) in [4.78, 5) is 35.4. The van der Waals surface area contributed by atoms with Crippen LogP contribution in [-0.2, 0) is 19.9 Å². The van der Waals surface area contributed by atoms with E-state index in [-0.39, 0.29) is 11.5 Å². The number of carbonyl (C=O) groups is 1. The highest BCUT2D eigenvalue weighted by atomic mass is 32.1. The highest BCUT2D eigenvalue weighted by Gasteiger charge is 2.19. The number of thiophene rings is 1. The highest BCUT2D eigenvalue weighted by molar-refractivity contribution is 7.14. The number of aryl methyl sites for hydroxylation is 3. The van der Waals surface area contributed by atoms with Gasteiger partial charge in [-0.3, -0.25) is 9.59 Å². The van der Waals surface area contributed by atoms with Crippen molar-refractivity contribution in [1.29, 1.82) is 0 Å². The standard InChI is InChI=1S/C34H41N5O2S.2C2H6/c1-5-7-18-39(17-6-2)26-15-16-32(35-21-26)36-29-19-25(22-38(4)34(29)41)27-12-10-13-28(23(27)3)37-33(40)31-20-24-11-8-9-14-30(24)42-31;2*1-2/h10,12-13,15-16,19-22H,5-9,11,14,17-18H2,1-4H3,(H,35,36)(H,37,40);2*1-2H3. The third kappa shape index (κ3) is 9.09. The van der Waals surface area contributed by atoms with E-state index in [0.29, 0.717) is 11.5 Å². The van der Waals surface area contributed by atoms with Crippen molar-refractivity contribution in [2.45, 2.75) is 93.4 Å². The van der Waals surface area contributed by atoms with Crippen LogP contribution in [0.5, 0.6) is 0 Å². The van der Waals surface area contributed by atoms with Crippen LogP contribution in [0.1, 0.15) is 99.3 Å². The van der Waals surface area contributed by atoms with Crippen molar-refractivity contribution in [3.8, 4) is 11.1 Å². The zero-order valence-corrected chi connectivity index (χ0v) is 29.9. The molecule has 1 aliphatic carbocycles. The minimum Gasteiger partial charge on any atom is -0.370 e. The number of pyridine rings is 2. The lowest BCUT2D eigenvalue weighted by atomic mass is 9.99. The lowest BCUT2D eigenvalue weighted by Crippen LogP contribution is -2.25. The monoisotopic (exact) mass is 643 g/mol. The average Bonchev–Trinajstić information content (AvgIpc) is 3.53. The second-order valence-corrected chi connectivity index (χ2v) is 12.3. The van der Waals surface area contributed by atoms with Crippen molar-refractivity contribution in [3.63, 3.8) is 0 Å². The summed E-state index contributed by atoms with van der Waals surface area (Å²) >= 11 is 1.62. The molecule has 0 bridgehead atoms. The second-order valence-electron chi connectivity index (χ2n) is 11.1. The first kappa shape index (κ1) is 36.6. The number of nitrogens with one attached hydrogen (secondary N) is 2. The van der Waals surface area contributed by atoms with E-state index in [9.17, 15) is 9.59 Å². The van der Waals surface area contributed by atoms with Gasteiger partial charge < -0.3 is 20.1 Å². The van der Waals surface area contributed by atoms with Crippen LogP contribution in [0, 0.1) is 6.92 Å². The Morgan fingerprint density at radius 3 is 2.41 bits per heavy atom. The second kappa shape index (κ2) is 18.3. The Kier molecular flexibility index (Phi) is 14.5. The number of rotatable bonds is 11. The molecule has 0 unspecified atom stereocenters. The van der Waals surface area contributed by atoms with Crippen molar-refractivity contribution < 1.29 is 4.79 Å². The smallest absolute Gasteiger partial charge is 0.274 e. The van der Waals surface area contributed by atoms with E-state index >= 15 is 0 Å². The van der Waals surface area contributed by atoms with Gasteiger partial charge >= 0.3 is 0 Å². The Labute approximate surface area is 280 Å². The summed E-state index contributed by atoms with van der Waals surface area (Å²) in [5, 5.41) is 6.38. The SMILES string of the molecule is CC.CC.CCCCN(CCC)c1ccc(Nc2cc(-c3cccc(NC(=O)c4cc5c(s4)CCCC5)c3C)cn(C)c2=O)nc1. The van der Waals surface area contributed by atoms with Gasteiger partial charge in [-0.15, -0.1) is 11.3 Å². The zero-order valence-electron chi connectivity index (χ0n) is 29.1. The summed E-state index contributed by atoms with van der Waals surface area (Å²) in [5.74, 6) is 0.551. The molecule has 0 radical (unpaired) electrons. The van der Waals surface area contributed by atoms with Crippen molar-refractivity contribution in [3.05, 3.63) is 86.1 Å². The van der Waals surface area contributed by atoms with E-state index in [1.807, 2.05) is 77.3 Å². The van der Waals surface area contributed by atoms with Gasteiger partial charge in [-0.25, -0.2) is 4.98 Å². The van der Waals surface area contributed by atoms with Crippen molar-refractivity contribution >= 4 is 40.1 Å². The Balaban J connectivity index is 0.00000139. The molecule has 3 aromatic heterocycles. The molecule has 8 heteroatoms. The molecular weight excluding hydrogens is 591 g/mol. The van der Waals surface area contributed by atoms with Crippen LogP contribution in [0.2, 0.25) is 0 Å². The van der Waals surface area contributed by atoms with Gasteiger partial charge in [0.2, 0.25) is 0 Å². The molecule has 0 saturated heterocycles. The van der Waals surface area contributed by atoms with Gasteiger partial charge in [0, 0.05) is 42.5 Å². The van der Waals surface area contributed by atoms with Crippen molar-refractivity contribution in [2.75, 3.05) is 28.6 Å². The van der Waals surface area contributed by atoms with Gasteiger partial charge in [0.05, 0.1) is 16.8 Å². The summed E-state index contributed by atoms with van der Waals surface area (Å²) in [7, 11) is 1.75. The number of benzene rings is 1. The first-order valence-electron chi connectivity index (χ1n) is 17.1. The van der Waals surface area contributed by atoms with Crippen LogP contribution in [0.15, 0.2) is 59.7 Å². The number of amides is 1. The molecule has 0 spiro atoms. The highest BCUT2D eigenvalue weighted by Crippen LogP contribution is 2.33. The fourth-order valence-corrected chi connectivity index (χ4v) is 6.74. The van der Waals surface area contributed by atoms with Crippen LogP contribution < -0.4 is 21.1 Å². The van der Waals surface area contributed by atoms with Crippen molar-refractivity contribution in [1.82, 2.24) is 9.55 Å². The Hall–Kier alpha value is -3.91. The maximum Gasteiger partial charge on any atom is 0.274 e. The summed E-state index contributed by atoms with van der Waals surface area (Å²) in [6.07, 6.45) is 11.6. The van der Waals surface area contributed by atoms with Gasteiger partial charge in [-0.05, 0) is 92.5 Å². The van der Waals surface area contributed by atoms with Gasteiger partial charge in [0.1, 0.15) is 11.5 Å². The first-order valence-corrected chi connectivity index (χ1v) is 17.9. The number of fused-ring (bicyclic) bond motifs is 1. The first-order chi connectivity index (χ1) is 22.4. The molecule has 248 valence electrons. The molecule has 0 fully saturated rings. The number of nitrogens with zero attached hydrogens (tertiary/aromatic N) is 3. The molecule has 2 N–H and O–H groups in total. The molecule has 7 nitrogen and oxygen atoms in total. The van der Waals surface area contributed by atoms with Gasteiger partial charge in [-0.2, -0.15) is 0 Å². The molecule has 0 atom stereocenters. The minimum atomic E-state index is -0.135. The number of carbonyl (C=O) groups excluding carboxylic acids is 1. The molecule has 3 heterocycles. The van der Waals surface area contributed by atoms with Gasteiger partial charge in [0.15, 0.2) is 0 Å². The van der Waals surface area contributed by atoms with Crippen LogP contribution in [0.25, 0.3) is 11.1 Å². The molecule has 1 aromatic carbocycles. The molecule has 46 heavy (non-hydrogen) atoms. The van der Waals surface area contributed by atoms with Crippen LogP contribution in [0.3, 0.4) is 0 Å². The number of aromatic nitrogens is 2. The molecule has 1 aliphatic rings. The average molecular weight is 644 g/mol. The normalized spacial score (nSPS) is 11.7. The number of hydrogen-bond acceptors (Lipinski definition) is 6. The number of hydrogen-bond donors (Lipinski definition) is 2. The molecule has 0 aliphatic heterocycles. The summed E-state index contributed by atoms with van der Waals surface area (Å²) in [6.45, 7) is 16.4. The van der Waals surface area contributed by atoms with E-state index < -0.39 is 0 Å². The van der Waals surface area contributed by atoms with Gasteiger partial charge in [0.25, 0.3) is 11.5 Å². The Bertz CT molecular complexity index is 1580. The summed E-state index contributed by atoms with van der Waals surface area (Å²) in [5.41, 5.74) is 6.28. The minimum absolute atomic E-state index is 0.0702. The molecule has 4 aromatic rings. The Morgan fingerprint density at radius 1 is 0.978 bits per heavy atom. The molecular formula is C38H53N5O2S. The maximum atomic E-state index is 13.2. The fourth-order valence-electron chi connectivity index (χ4n) is 5.59. The molecule has 0 saturated carbocycles. The molecule has 5 rings (SSSR count). The largest absolute Gasteiger partial charge is 0.370 e. The van der Waals surface area contributed by atoms with Crippen molar-refractivity contribution in [2.24, 2.45) is 7.05 Å². The van der Waals surface area contributed by atoms with Crippen LogP contribution >= 0.6 is 11.3 Å². The lowest BCUT2D eigenvalue weighted by molar-refractivity contribution is 0.103. The van der Waals surface area contributed by atoms with E-state index in [2.05, 4.69) is 46.5 Å². The van der Waals surface area contributed by atoms with Gasteiger partial charge in [-0.1, -0.05) is 60.1 Å². The summed E-state index contributed by atoms with van der Waals surface area (Å²) in [6, 6.07) is 13.8. The van der Waals surface area contributed by atoms with E-state index in [0.717, 1.165) is 78.1 Å². The zero-order chi connectivity index (χ0) is 33.6. The summed E-state index contributed by atoms with van der Waals surface area (Å²) < 4.78 is 1.58. The van der Waals surface area contributed by atoms with E-state index in [4.69, 9.17) is 0 Å². The number of anilines is 4. The lowest BCUT2D eigenvalue weighted by Gasteiger charge is -2.24. The fraction of sp³-hybridized carbons (Fsp3) is 0.447. The quantitative estimate of drug-likeness (QED) is 0.170. The predicted octanol–water partition coefficient (Wildman–Crippen LogP) is 9.76. The predicted molar refractivity (Wildman–Crippen MR) is 198 cm³/mol. The van der Waals surface area contributed by atoms with Crippen LogP contribution in [-0.4, -0.2) is 28.5 Å². The van der Waals surface area contributed by atoms with E-state index in [1.165, 1.54) is 23.3 Å². The number of unbranched alkanes of at least 4 members (excludes halogenated alkanes) is 1. The topological polar surface area (TPSA) is 79.3 Å². The Morgan fingerprint density at radius 2 is 1.74 bits per heavy atom. The van der Waals surface area contributed by atoms with Crippen LogP contribution in [0.4, 0.5) is 22.9 Å². The third-order valence-corrected chi connectivity index (χ3v) is 9.18. The molecule has 1 amide bonds. The third-order valence-electron chi connectivity index (χ3n) is 7.95. The van der Waals surface area contributed by atoms with E-state index in [1.54, 1.807) is 23.0 Å². The maximum absolute atomic E-state index is 13.2.